The number of hydrogen-bond donors (Lipinski definition) is 1. The number of ether oxygens (including phenoxy) is 1. The summed E-state index contributed by atoms with van der Waals surface area (Å²) in [7, 11) is -3.77. The predicted molar refractivity (Wildman–Crippen MR) is 96.0 cm³/mol. The van der Waals surface area contributed by atoms with E-state index in [0.29, 0.717) is 5.75 Å². The van der Waals surface area contributed by atoms with Crippen molar-refractivity contribution in [3.63, 3.8) is 0 Å². The number of aromatic nitrogens is 2. The fourth-order valence-electron chi connectivity index (χ4n) is 2.41. The SMILES string of the molecule is NS(=O)(=O)c1ccc(OCCn2cnc3cc([N+](=O)[O-])ccc3c2=O)cc1. The summed E-state index contributed by atoms with van der Waals surface area (Å²) in [5.41, 5.74) is -0.244. The van der Waals surface area contributed by atoms with Crippen LogP contribution in [0.3, 0.4) is 0 Å². The lowest BCUT2D eigenvalue weighted by atomic mass is 10.2. The van der Waals surface area contributed by atoms with Gasteiger partial charge in [-0.05, 0) is 30.3 Å². The van der Waals surface area contributed by atoms with E-state index < -0.39 is 14.9 Å². The average molecular weight is 390 g/mol. The second-order valence-electron chi connectivity index (χ2n) is 5.57. The maximum Gasteiger partial charge on any atom is 0.271 e. The molecule has 0 unspecified atom stereocenters. The third-order valence-electron chi connectivity index (χ3n) is 3.77. The first-order valence-corrected chi connectivity index (χ1v) is 9.19. The van der Waals surface area contributed by atoms with E-state index in [0.717, 1.165) is 0 Å². The number of nitro groups is 1. The molecule has 0 aliphatic heterocycles. The van der Waals surface area contributed by atoms with E-state index in [-0.39, 0.29) is 40.2 Å². The Morgan fingerprint density at radius 3 is 2.52 bits per heavy atom. The van der Waals surface area contributed by atoms with E-state index in [1.165, 1.54) is 53.4 Å². The van der Waals surface area contributed by atoms with Gasteiger partial charge in [0, 0.05) is 12.1 Å². The highest BCUT2D eigenvalue weighted by Gasteiger charge is 2.11. The second kappa shape index (κ2) is 7.13. The zero-order valence-electron chi connectivity index (χ0n) is 13.8. The quantitative estimate of drug-likeness (QED) is 0.488. The summed E-state index contributed by atoms with van der Waals surface area (Å²) in [6.45, 7) is 0.324. The minimum Gasteiger partial charge on any atom is -0.492 e. The summed E-state index contributed by atoms with van der Waals surface area (Å²) in [5, 5.41) is 16.1. The first-order valence-electron chi connectivity index (χ1n) is 7.65. The summed E-state index contributed by atoms with van der Waals surface area (Å²) in [4.78, 5) is 26.7. The standard InChI is InChI=1S/C16H14N4O6S/c17-27(24,25)13-4-2-12(3-5-13)26-8-7-19-10-18-15-9-11(20(22)23)1-6-14(15)16(19)21/h1-6,9-10H,7-8H2,(H2,17,24,25). The van der Waals surface area contributed by atoms with Gasteiger partial charge < -0.3 is 4.74 Å². The minimum atomic E-state index is -3.77. The van der Waals surface area contributed by atoms with Crippen LogP contribution in [0, 0.1) is 10.1 Å². The first-order chi connectivity index (χ1) is 12.8. The molecule has 0 bridgehead atoms. The Bertz CT molecular complexity index is 1170. The van der Waals surface area contributed by atoms with Gasteiger partial charge in [-0.1, -0.05) is 0 Å². The number of nitrogens with zero attached hydrogens (tertiary/aromatic N) is 3. The summed E-state index contributed by atoms with van der Waals surface area (Å²) in [6, 6.07) is 9.42. The van der Waals surface area contributed by atoms with E-state index in [4.69, 9.17) is 9.88 Å². The molecule has 0 saturated heterocycles. The lowest BCUT2D eigenvalue weighted by Crippen LogP contribution is -2.23. The van der Waals surface area contributed by atoms with Crippen LogP contribution in [-0.4, -0.2) is 29.5 Å². The predicted octanol–water partition coefficient (Wildman–Crippen LogP) is 1.03. The van der Waals surface area contributed by atoms with Crippen LogP contribution in [0.25, 0.3) is 10.9 Å². The third kappa shape index (κ3) is 4.10. The summed E-state index contributed by atoms with van der Waals surface area (Å²) in [6.07, 6.45) is 1.29. The average Bonchev–Trinajstić information content (AvgIpc) is 2.63. The van der Waals surface area contributed by atoms with Crippen molar-refractivity contribution in [2.45, 2.75) is 11.4 Å². The number of nitro benzene ring substituents is 1. The Hall–Kier alpha value is -3.31. The van der Waals surface area contributed by atoms with Crippen LogP contribution in [0.15, 0.2) is 58.5 Å². The molecule has 11 heteroatoms. The van der Waals surface area contributed by atoms with Gasteiger partial charge in [0.05, 0.1) is 33.6 Å². The summed E-state index contributed by atoms with van der Waals surface area (Å²) >= 11 is 0. The molecular formula is C16H14N4O6S. The van der Waals surface area contributed by atoms with Crippen molar-refractivity contribution in [3.05, 3.63) is 69.3 Å². The number of sulfonamides is 1. The topological polar surface area (TPSA) is 147 Å². The molecule has 2 aromatic carbocycles. The Labute approximate surface area is 153 Å². The highest BCUT2D eigenvalue weighted by atomic mass is 32.2. The summed E-state index contributed by atoms with van der Waals surface area (Å²) in [5.74, 6) is 0.417. The zero-order chi connectivity index (χ0) is 19.6. The first kappa shape index (κ1) is 18.5. The summed E-state index contributed by atoms with van der Waals surface area (Å²) < 4.78 is 29.2. The van der Waals surface area contributed by atoms with Crippen molar-refractivity contribution in [1.29, 1.82) is 0 Å². The van der Waals surface area contributed by atoms with Gasteiger partial charge in [0.25, 0.3) is 11.2 Å². The van der Waals surface area contributed by atoms with Crippen LogP contribution in [-0.2, 0) is 16.6 Å². The second-order valence-corrected chi connectivity index (χ2v) is 7.13. The van der Waals surface area contributed by atoms with Crippen molar-refractivity contribution in [1.82, 2.24) is 9.55 Å². The highest BCUT2D eigenvalue weighted by molar-refractivity contribution is 7.89. The molecule has 3 rings (SSSR count). The molecule has 2 N–H and O–H groups in total. The number of fused-ring (bicyclic) bond motifs is 1. The fraction of sp³-hybridized carbons (Fsp3) is 0.125. The molecule has 0 aliphatic carbocycles. The Kier molecular flexibility index (Phi) is 4.88. The number of benzene rings is 2. The van der Waals surface area contributed by atoms with E-state index in [2.05, 4.69) is 4.98 Å². The lowest BCUT2D eigenvalue weighted by Gasteiger charge is -2.09. The van der Waals surface area contributed by atoms with Crippen molar-refractivity contribution in [2.75, 3.05) is 6.61 Å². The van der Waals surface area contributed by atoms with Crippen LogP contribution in [0.5, 0.6) is 5.75 Å². The molecule has 140 valence electrons. The monoisotopic (exact) mass is 390 g/mol. The number of rotatable bonds is 6. The largest absolute Gasteiger partial charge is 0.492 e. The smallest absolute Gasteiger partial charge is 0.271 e. The van der Waals surface area contributed by atoms with Crippen molar-refractivity contribution >= 4 is 26.6 Å². The molecule has 1 aromatic heterocycles. The maximum absolute atomic E-state index is 12.4. The van der Waals surface area contributed by atoms with E-state index in [1.54, 1.807) is 0 Å². The molecule has 27 heavy (non-hydrogen) atoms. The number of nitrogens with two attached hydrogens (primary N) is 1. The van der Waals surface area contributed by atoms with E-state index in [1.807, 2.05) is 0 Å². The lowest BCUT2D eigenvalue weighted by molar-refractivity contribution is -0.384. The molecule has 0 radical (unpaired) electrons. The van der Waals surface area contributed by atoms with Gasteiger partial charge in [0.2, 0.25) is 10.0 Å². The van der Waals surface area contributed by atoms with Crippen LogP contribution in [0.1, 0.15) is 0 Å². The van der Waals surface area contributed by atoms with E-state index in [9.17, 15) is 23.3 Å². The molecule has 0 aliphatic rings. The highest BCUT2D eigenvalue weighted by Crippen LogP contribution is 2.17. The zero-order valence-corrected chi connectivity index (χ0v) is 14.6. The van der Waals surface area contributed by atoms with Crippen molar-refractivity contribution in [3.8, 4) is 5.75 Å². The van der Waals surface area contributed by atoms with Crippen LogP contribution in [0.4, 0.5) is 5.69 Å². The molecular weight excluding hydrogens is 376 g/mol. The fourth-order valence-corrected chi connectivity index (χ4v) is 2.92. The molecule has 0 spiro atoms. The molecule has 0 saturated carbocycles. The number of primary sulfonamides is 1. The number of non-ortho nitro benzene ring substituents is 1. The molecule has 0 amide bonds. The van der Waals surface area contributed by atoms with Gasteiger partial charge in [-0.25, -0.2) is 18.5 Å². The Morgan fingerprint density at radius 2 is 1.89 bits per heavy atom. The molecule has 10 nitrogen and oxygen atoms in total. The van der Waals surface area contributed by atoms with Crippen molar-refractivity contribution < 1.29 is 18.1 Å². The molecule has 3 aromatic rings. The molecule has 0 atom stereocenters. The number of hydrogen-bond acceptors (Lipinski definition) is 7. The Balaban J connectivity index is 1.72. The molecule has 0 fully saturated rings. The van der Waals surface area contributed by atoms with Gasteiger partial charge in [-0.2, -0.15) is 0 Å². The van der Waals surface area contributed by atoms with Gasteiger partial charge in [0.1, 0.15) is 12.4 Å². The van der Waals surface area contributed by atoms with Crippen LogP contribution < -0.4 is 15.4 Å². The van der Waals surface area contributed by atoms with Gasteiger partial charge in [-0.15, -0.1) is 0 Å². The minimum absolute atomic E-state index is 0.0288. The van der Waals surface area contributed by atoms with Crippen LogP contribution in [0.2, 0.25) is 0 Å². The van der Waals surface area contributed by atoms with Crippen molar-refractivity contribution in [2.24, 2.45) is 5.14 Å². The Morgan fingerprint density at radius 1 is 1.19 bits per heavy atom. The van der Waals surface area contributed by atoms with Gasteiger partial charge >= 0.3 is 0 Å². The van der Waals surface area contributed by atoms with E-state index >= 15 is 0 Å². The van der Waals surface area contributed by atoms with Crippen LogP contribution >= 0.6 is 0 Å². The maximum atomic E-state index is 12.4. The van der Waals surface area contributed by atoms with Gasteiger partial charge in [0.15, 0.2) is 0 Å². The normalized spacial score (nSPS) is 11.4. The molecule has 1 heterocycles. The third-order valence-corrected chi connectivity index (χ3v) is 4.70. The van der Waals surface area contributed by atoms with Gasteiger partial charge in [-0.3, -0.25) is 19.5 Å².